The Labute approximate surface area is 126 Å². The minimum absolute atomic E-state index is 0.135. The van der Waals surface area contributed by atoms with Gasteiger partial charge >= 0.3 is 6.09 Å². The highest BCUT2D eigenvalue weighted by Gasteiger charge is 2.29. The van der Waals surface area contributed by atoms with E-state index >= 15 is 0 Å². The third-order valence-corrected chi connectivity index (χ3v) is 3.03. The number of amides is 1. The van der Waals surface area contributed by atoms with Gasteiger partial charge in [-0.2, -0.15) is 0 Å². The van der Waals surface area contributed by atoms with Gasteiger partial charge in [0.05, 0.1) is 12.6 Å². The largest absolute Gasteiger partial charge is 0.508 e. The first kappa shape index (κ1) is 17.3. The van der Waals surface area contributed by atoms with Gasteiger partial charge in [0.1, 0.15) is 11.4 Å². The highest BCUT2D eigenvalue weighted by atomic mass is 16.6. The number of carbonyl (C=O) groups excluding carboxylic acids is 1. The van der Waals surface area contributed by atoms with Gasteiger partial charge in [-0.1, -0.05) is 25.1 Å². The second-order valence-corrected chi connectivity index (χ2v) is 5.88. The Morgan fingerprint density at radius 1 is 1.33 bits per heavy atom. The van der Waals surface area contributed by atoms with E-state index in [0.29, 0.717) is 12.0 Å². The summed E-state index contributed by atoms with van der Waals surface area (Å²) in [5, 5.41) is 19.2. The number of aliphatic hydroxyl groups is 1. The molecule has 1 unspecified atom stereocenters. The summed E-state index contributed by atoms with van der Waals surface area (Å²) in [7, 11) is 0. The molecule has 1 aromatic rings. The molecule has 0 radical (unpaired) electrons. The zero-order valence-corrected chi connectivity index (χ0v) is 13.2. The number of benzene rings is 1. The lowest BCUT2D eigenvalue weighted by Crippen LogP contribution is -2.40. The van der Waals surface area contributed by atoms with Gasteiger partial charge < -0.3 is 14.9 Å². The van der Waals surface area contributed by atoms with Crippen molar-refractivity contribution >= 4 is 6.09 Å². The van der Waals surface area contributed by atoms with E-state index in [9.17, 15) is 15.0 Å². The highest BCUT2D eigenvalue weighted by molar-refractivity contribution is 5.69. The number of nitrogens with zero attached hydrogens (tertiary/aromatic N) is 1. The summed E-state index contributed by atoms with van der Waals surface area (Å²) < 4.78 is 5.39. The van der Waals surface area contributed by atoms with Gasteiger partial charge in [0.15, 0.2) is 0 Å². The molecule has 1 atom stereocenters. The number of rotatable bonds is 5. The molecule has 5 heteroatoms. The molecule has 21 heavy (non-hydrogen) atoms. The van der Waals surface area contributed by atoms with Crippen LogP contribution in [0.25, 0.3) is 0 Å². The van der Waals surface area contributed by atoms with E-state index in [1.165, 1.54) is 4.90 Å². The Bertz CT molecular complexity index is 468. The molecular weight excluding hydrogens is 270 g/mol. The van der Waals surface area contributed by atoms with Crippen LogP contribution in [0, 0.1) is 0 Å². The topological polar surface area (TPSA) is 70.0 Å². The third kappa shape index (κ3) is 4.93. The summed E-state index contributed by atoms with van der Waals surface area (Å²) in [6.07, 6.45) is 0.114. The average molecular weight is 295 g/mol. The van der Waals surface area contributed by atoms with Crippen molar-refractivity contribution in [3.8, 4) is 5.75 Å². The molecule has 0 bridgehead atoms. The number of hydrogen-bond acceptors (Lipinski definition) is 4. The van der Waals surface area contributed by atoms with Gasteiger partial charge in [-0.3, -0.25) is 4.90 Å². The Hall–Kier alpha value is -1.75. The third-order valence-electron chi connectivity index (χ3n) is 3.03. The molecule has 0 aliphatic carbocycles. The standard InChI is InChI=1S/C16H25NO4/c1-5-13(12-8-6-7-9-14(12)19)17(10-11-18)15(20)21-16(2,3)4/h6-9,13,18-19H,5,10-11H2,1-4H3. The molecule has 5 nitrogen and oxygen atoms in total. The highest BCUT2D eigenvalue weighted by Crippen LogP contribution is 2.31. The SMILES string of the molecule is CCC(c1ccccc1O)N(CCO)C(=O)OC(C)(C)C. The first-order valence-corrected chi connectivity index (χ1v) is 7.18. The molecule has 1 aromatic carbocycles. The van der Waals surface area contributed by atoms with Crippen LogP contribution in [0.15, 0.2) is 24.3 Å². The Morgan fingerprint density at radius 2 is 1.95 bits per heavy atom. The summed E-state index contributed by atoms with van der Waals surface area (Å²) in [4.78, 5) is 13.8. The van der Waals surface area contributed by atoms with E-state index < -0.39 is 11.7 Å². The lowest BCUT2D eigenvalue weighted by atomic mass is 10.0. The number of carbonyl (C=O) groups is 1. The van der Waals surface area contributed by atoms with Crippen LogP contribution in [-0.2, 0) is 4.74 Å². The second-order valence-electron chi connectivity index (χ2n) is 5.88. The van der Waals surface area contributed by atoms with Crippen LogP contribution in [0.1, 0.15) is 45.7 Å². The van der Waals surface area contributed by atoms with E-state index in [-0.39, 0.29) is 24.9 Å². The van der Waals surface area contributed by atoms with Gasteiger partial charge in [-0.25, -0.2) is 4.79 Å². The van der Waals surface area contributed by atoms with Crippen molar-refractivity contribution in [1.82, 2.24) is 4.90 Å². The minimum Gasteiger partial charge on any atom is -0.508 e. The molecule has 0 aliphatic rings. The van der Waals surface area contributed by atoms with Crippen LogP contribution in [0.4, 0.5) is 4.79 Å². The van der Waals surface area contributed by atoms with Gasteiger partial charge in [-0.05, 0) is 33.3 Å². The number of hydrogen-bond donors (Lipinski definition) is 2. The van der Waals surface area contributed by atoms with E-state index in [4.69, 9.17) is 4.74 Å². The van der Waals surface area contributed by atoms with Crippen molar-refractivity contribution in [3.05, 3.63) is 29.8 Å². The van der Waals surface area contributed by atoms with Crippen molar-refractivity contribution in [3.63, 3.8) is 0 Å². The molecule has 0 aliphatic heterocycles. The van der Waals surface area contributed by atoms with Gasteiger partial charge in [0, 0.05) is 12.1 Å². The molecule has 0 saturated carbocycles. The van der Waals surface area contributed by atoms with Crippen LogP contribution in [0.5, 0.6) is 5.75 Å². The molecule has 0 saturated heterocycles. The number of phenols is 1. The first-order chi connectivity index (χ1) is 9.80. The fourth-order valence-electron chi connectivity index (χ4n) is 2.18. The van der Waals surface area contributed by atoms with E-state index in [1.54, 1.807) is 39.0 Å². The predicted molar refractivity (Wildman–Crippen MR) is 81.2 cm³/mol. The van der Waals surface area contributed by atoms with Crippen molar-refractivity contribution < 1.29 is 19.7 Å². The number of para-hydroxylation sites is 1. The smallest absolute Gasteiger partial charge is 0.410 e. The van der Waals surface area contributed by atoms with Crippen LogP contribution < -0.4 is 0 Å². The summed E-state index contributed by atoms with van der Waals surface area (Å²) in [6.45, 7) is 7.30. The maximum Gasteiger partial charge on any atom is 0.410 e. The average Bonchev–Trinajstić information content (AvgIpc) is 2.38. The number of aromatic hydroxyl groups is 1. The molecule has 118 valence electrons. The summed E-state index contributed by atoms with van der Waals surface area (Å²) in [5.41, 5.74) is 0.0428. The van der Waals surface area contributed by atoms with Crippen molar-refractivity contribution in [2.24, 2.45) is 0 Å². The van der Waals surface area contributed by atoms with Crippen molar-refractivity contribution in [2.75, 3.05) is 13.2 Å². The first-order valence-electron chi connectivity index (χ1n) is 7.18. The molecule has 0 spiro atoms. The fourth-order valence-corrected chi connectivity index (χ4v) is 2.18. The molecule has 0 fully saturated rings. The van der Waals surface area contributed by atoms with Gasteiger partial charge in [-0.15, -0.1) is 0 Å². The maximum atomic E-state index is 12.3. The monoisotopic (exact) mass is 295 g/mol. The zero-order valence-electron chi connectivity index (χ0n) is 13.2. The lowest BCUT2D eigenvalue weighted by molar-refractivity contribution is 0.0113. The molecule has 2 N–H and O–H groups in total. The zero-order chi connectivity index (χ0) is 16.0. The van der Waals surface area contributed by atoms with Gasteiger partial charge in [0.25, 0.3) is 0 Å². The number of ether oxygens (including phenoxy) is 1. The van der Waals surface area contributed by atoms with E-state index in [2.05, 4.69) is 0 Å². The number of phenolic OH excluding ortho intramolecular Hbond substituents is 1. The Morgan fingerprint density at radius 3 is 2.43 bits per heavy atom. The van der Waals surface area contributed by atoms with Crippen molar-refractivity contribution in [1.29, 1.82) is 0 Å². The van der Waals surface area contributed by atoms with Crippen molar-refractivity contribution in [2.45, 2.75) is 45.8 Å². The molecule has 1 rings (SSSR count). The fraction of sp³-hybridized carbons (Fsp3) is 0.562. The quantitative estimate of drug-likeness (QED) is 0.876. The summed E-state index contributed by atoms with van der Waals surface area (Å²) >= 11 is 0. The van der Waals surface area contributed by atoms with Crippen LogP contribution >= 0.6 is 0 Å². The molecule has 0 aromatic heterocycles. The summed E-state index contributed by atoms with van der Waals surface area (Å²) in [5.74, 6) is 0.135. The normalized spacial score (nSPS) is 12.8. The lowest BCUT2D eigenvalue weighted by Gasteiger charge is -2.33. The van der Waals surface area contributed by atoms with Crippen LogP contribution in [0.3, 0.4) is 0 Å². The van der Waals surface area contributed by atoms with E-state index in [0.717, 1.165) is 0 Å². The number of aliphatic hydroxyl groups excluding tert-OH is 1. The molecule has 0 heterocycles. The Kier molecular flexibility index (Phi) is 6.03. The van der Waals surface area contributed by atoms with Crippen LogP contribution in [-0.4, -0.2) is 40.0 Å². The maximum absolute atomic E-state index is 12.3. The molecular formula is C16H25NO4. The minimum atomic E-state index is -0.609. The van der Waals surface area contributed by atoms with Crippen LogP contribution in [0.2, 0.25) is 0 Å². The summed E-state index contributed by atoms with van der Waals surface area (Å²) in [6, 6.07) is 6.56. The van der Waals surface area contributed by atoms with Gasteiger partial charge in [0.2, 0.25) is 0 Å². The molecule has 1 amide bonds. The Balaban J connectivity index is 3.06. The van der Waals surface area contributed by atoms with E-state index in [1.807, 2.05) is 13.0 Å². The second kappa shape index (κ2) is 7.31. The predicted octanol–water partition coefficient (Wildman–Crippen LogP) is 3.07.